The number of carbonyl (C=O) groups excluding carboxylic acids is 1. The van der Waals surface area contributed by atoms with Crippen molar-refractivity contribution < 1.29 is 4.79 Å². The molecule has 0 saturated heterocycles. The fraction of sp³-hybridized carbons (Fsp3) is 0.0476. The first-order valence-electron chi connectivity index (χ1n) is 8.24. The molecule has 0 aliphatic heterocycles. The smallest absolute Gasteiger partial charge is 0.258 e. The zero-order valence-electron chi connectivity index (χ0n) is 14.1. The van der Waals surface area contributed by atoms with Crippen molar-refractivity contribution in [2.24, 2.45) is 0 Å². The van der Waals surface area contributed by atoms with E-state index >= 15 is 0 Å². The number of rotatable bonds is 3. The Morgan fingerprint density at radius 2 is 1.73 bits per heavy atom. The quantitative estimate of drug-likeness (QED) is 0.544. The van der Waals surface area contributed by atoms with Crippen LogP contribution < -0.4 is 5.32 Å². The molecule has 0 unspecified atom stereocenters. The summed E-state index contributed by atoms with van der Waals surface area (Å²) in [6.07, 6.45) is 1.89. The second-order valence-electron chi connectivity index (χ2n) is 5.99. The molecule has 2 aromatic heterocycles. The molecule has 4 nitrogen and oxygen atoms in total. The second kappa shape index (κ2) is 6.65. The number of imidazole rings is 1. The number of benzene rings is 2. The number of hydrogen-bond acceptors (Lipinski definition) is 2. The van der Waals surface area contributed by atoms with Gasteiger partial charge in [-0.05, 0) is 30.7 Å². The Balaban J connectivity index is 1.87. The van der Waals surface area contributed by atoms with Crippen LogP contribution in [0.4, 0.5) is 5.82 Å². The van der Waals surface area contributed by atoms with E-state index in [0.29, 0.717) is 16.4 Å². The van der Waals surface area contributed by atoms with E-state index in [0.717, 1.165) is 22.5 Å². The molecular weight excluding hydrogens is 346 g/mol. The summed E-state index contributed by atoms with van der Waals surface area (Å²) in [5.41, 5.74) is 3.92. The predicted molar refractivity (Wildman–Crippen MR) is 105 cm³/mol. The third-order valence-electron chi connectivity index (χ3n) is 4.24. The summed E-state index contributed by atoms with van der Waals surface area (Å²) in [4.78, 5) is 17.6. The highest BCUT2D eigenvalue weighted by atomic mass is 35.5. The van der Waals surface area contributed by atoms with Crippen LogP contribution in [0.25, 0.3) is 16.9 Å². The number of nitrogens with one attached hydrogen (secondary N) is 1. The SMILES string of the molecule is Cc1cccn2c(NC(=O)c3ccccc3Cl)c(-c3ccccc3)nc12. The molecule has 4 rings (SSSR count). The Bertz CT molecular complexity index is 1100. The summed E-state index contributed by atoms with van der Waals surface area (Å²) in [5, 5.41) is 3.41. The third kappa shape index (κ3) is 2.85. The minimum absolute atomic E-state index is 0.268. The Morgan fingerprint density at radius 1 is 1.00 bits per heavy atom. The van der Waals surface area contributed by atoms with Gasteiger partial charge in [0.2, 0.25) is 0 Å². The maximum atomic E-state index is 12.8. The number of pyridine rings is 1. The standard InChI is InChI=1S/C21H16ClN3O/c1-14-8-7-13-25-19(14)23-18(15-9-3-2-4-10-15)20(25)24-21(26)16-11-5-6-12-17(16)22/h2-13H,1H3,(H,24,26). The summed E-state index contributed by atoms with van der Waals surface area (Å²) in [5.74, 6) is 0.357. The number of halogens is 1. The van der Waals surface area contributed by atoms with E-state index in [2.05, 4.69) is 5.32 Å². The fourth-order valence-electron chi connectivity index (χ4n) is 2.94. The number of amides is 1. The van der Waals surface area contributed by atoms with Gasteiger partial charge < -0.3 is 5.32 Å². The van der Waals surface area contributed by atoms with Crippen LogP contribution in [0.2, 0.25) is 5.02 Å². The van der Waals surface area contributed by atoms with Gasteiger partial charge in [0.15, 0.2) is 0 Å². The molecule has 0 aliphatic carbocycles. The maximum absolute atomic E-state index is 12.8. The second-order valence-corrected chi connectivity index (χ2v) is 6.40. The van der Waals surface area contributed by atoms with E-state index in [1.165, 1.54) is 0 Å². The Morgan fingerprint density at radius 3 is 2.50 bits per heavy atom. The summed E-state index contributed by atoms with van der Waals surface area (Å²) < 4.78 is 1.90. The van der Waals surface area contributed by atoms with Crippen LogP contribution >= 0.6 is 11.6 Å². The van der Waals surface area contributed by atoms with Crippen molar-refractivity contribution in [2.75, 3.05) is 5.32 Å². The molecule has 1 amide bonds. The molecule has 128 valence electrons. The molecule has 5 heteroatoms. The minimum Gasteiger partial charge on any atom is -0.306 e. The number of carbonyl (C=O) groups is 1. The van der Waals surface area contributed by atoms with Gasteiger partial charge >= 0.3 is 0 Å². The number of anilines is 1. The van der Waals surface area contributed by atoms with E-state index in [9.17, 15) is 4.79 Å². The van der Waals surface area contributed by atoms with Gasteiger partial charge in [-0.2, -0.15) is 0 Å². The normalized spacial score (nSPS) is 10.8. The molecule has 2 aromatic carbocycles. The number of fused-ring (bicyclic) bond motifs is 1. The van der Waals surface area contributed by atoms with Gasteiger partial charge in [-0.25, -0.2) is 4.98 Å². The Kier molecular flexibility index (Phi) is 4.19. The number of aryl methyl sites for hydroxylation is 1. The zero-order chi connectivity index (χ0) is 18.1. The molecule has 2 heterocycles. The lowest BCUT2D eigenvalue weighted by Crippen LogP contribution is -2.14. The Labute approximate surface area is 156 Å². The van der Waals surface area contributed by atoms with Crippen molar-refractivity contribution in [3.8, 4) is 11.3 Å². The lowest BCUT2D eigenvalue weighted by molar-refractivity contribution is 0.102. The average molecular weight is 362 g/mol. The van der Waals surface area contributed by atoms with Crippen LogP contribution in [0.3, 0.4) is 0 Å². The van der Waals surface area contributed by atoms with Gasteiger partial charge in [0, 0.05) is 11.8 Å². The largest absolute Gasteiger partial charge is 0.306 e. The molecule has 0 spiro atoms. The highest BCUT2D eigenvalue weighted by molar-refractivity contribution is 6.34. The summed E-state index contributed by atoms with van der Waals surface area (Å²) in [6, 6.07) is 20.7. The van der Waals surface area contributed by atoms with Crippen molar-refractivity contribution in [3.63, 3.8) is 0 Å². The minimum atomic E-state index is -0.268. The molecule has 0 radical (unpaired) electrons. The predicted octanol–water partition coefficient (Wildman–Crippen LogP) is 5.22. The lowest BCUT2D eigenvalue weighted by Gasteiger charge is -2.09. The van der Waals surface area contributed by atoms with Crippen LogP contribution in [0.15, 0.2) is 72.9 Å². The van der Waals surface area contributed by atoms with Crippen LogP contribution in [0.1, 0.15) is 15.9 Å². The van der Waals surface area contributed by atoms with Crippen LogP contribution in [0, 0.1) is 6.92 Å². The zero-order valence-corrected chi connectivity index (χ0v) is 14.9. The fourth-order valence-corrected chi connectivity index (χ4v) is 3.16. The monoisotopic (exact) mass is 361 g/mol. The van der Waals surface area contributed by atoms with Gasteiger partial charge in [-0.3, -0.25) is 9.20 Å². The van der Waals surface area contributed by atoms with Gasteiger partial charge in [0.05, 0.1) is 10.6 Å². The Hall–Kier alpha value is -3.11. The van der Waals surface area contributed by atoms with Crippen LogP contribution in [0.5, 0.6) is 0 Å². The molecular formula is C21H16ClN3O. The van der Waals surface area contributed by atoms with E-state index in [4.69, 9.17) is 16.6 Å². The molecule has 0 atom stereocenters. The maximum Gasteiger partial charge on any atom is 0.258 e. The number of nitrogens with zero attached hydrogens (tertiary/aromatic N) is 2. The van der Waals surface area contributed by atoms with Crippen molar-refractivity contribution in [1.29, 1.82) is 0 Å². The molecule has 4 aromatic rings. The third-order valence-corrected chi connectivity index (χ3v) is 4.57. The van der Waals surface area contributed by atoms with Crippen molar-refractivity contribution in [3.05, 3.63) is 89.1 Å². The van der Waals surface area contributed by atoms with Gasteiger partial charge in [0.25, 0.3) is 5.91 Å². The topological polar surface area (TPSA) is 46.4 Å². The summed E-state index contributed by atoms with van der Waals surface area (Å²) >= 11 is 6.18. The molecule has 26 heavy (non-hydrogen) atoms. The van der Waals surface area contributed by atoms with E-state index in [1.54, 1.807) is 24.3 Å². The van der Waals surface area contributed by atoms with Gasteiger partial charge in [0.1, 0.15) is 17.2 Å². The highest BCUT2D eigenvalue weighted by Gasteiger charge is 2.19. The van der Waals surface area contributed by atoms with Gasteiger partial charge in [-0.15, -0.1) is 0 Å². The number of aromatic nitrogens is 2. The van der Waals surface area contributed by atoms with E-state index < -0.39 is 0 Å². The molecule has 0 fully saturated rings. The first-order chi connectivity index (χ1) is 12.6. The summed E-state index contributed by atoms with van der Waals surface area (Å²) in [6.45, 7) is 2.00. The van der Waals surface area contributed by atoms with E-state index in [-0.39, 0.29) is 5.91 Å². The van der Waals surface area contributed by atoms with Crippen LogP contribution in [-0.4, -0.2) is 15.3 Å². The highest BCUT2D eigenvalue weighted by Crippen LogP contribution is 2.30. The van der Waals surface area contributed by atoms with Crippen molar-refractivity contribution in [1.82, 2.24) is 9.38 Å². The van der Waals surface area contributed by atoms with Crippen molar-refractivity contribution in [2.45, 2.75) is 6.92 Å². The average Bonchev–Trinajstić information content (AvgIpc) is 3.03. The lowest BCUT2D eigenvalue weighted by atomic mass is 10.1. The molecule has 0 bridgehead atoms. The number of hydrogen-bond donors (Lipinski definition) is 1. The first kappa shape index (κ1) is 16.4. The summed E-state index contributed by atoms with van der Waals surface area (Å²) in [7, 11) is 0. The van der Waals surface area contributed by atoms with Gasteiger partial charge in [-0.1, -0.05) is 60.1 Å². The molecule has 0 saturated carbocycles. The molecule has 1 N–H and O–H groups in total. The van der Waals surface area contributed by atoms with Crippen LogP contribution in [-0.2, 0) is 0 Å². The first-order valence-corrected chi connectivity index (χ1v) is 8.62. The van der Waals surface area contributed by atoms with E-state index in [1.807, 2.05) is 60.0 Å². The molecule has 0 aliphatic rings. The van der Waals surface area contributed by atoms with Crippen molar-refractivity contribution >= 4 is 29.0 Å².